The molecule has 2 aromatic rings. The molecule has 0 aliphatic carbocycles. The molecule has 0 radical (unpaired) electrons. The lowest BCUT2D eigenvalue weighted by Crippen LogP contribution is -2.23. The third-order valence-corrected chi connectivity index (χ3v) is 4.39. The van der Waals surface area contributed by atoms with Crippen molar-refractivity contribution in [3.05, 3.63) is 63.5 Å². The summed E-state index contributed by atoms with van der Waals surface area (Å²) in [5, 5.41) is 14.1. The molecule has 2 aromatic carbocycles. The van der Waals surface area contributed by atoms with Gasteiger partial charge in [-0.3, -0.25) is 4.79 Å². The van der Waals surface area contributed by atoms with Gasteiger partial charge in [0.1, 0.15) is 0 Å². The van der Waals surface area contributed by atoms with Gasteiger partial charge in [-0.1, -0.05) is 41.6 Å². The molecule has 0 spiro atoms. The van der Waals surface area contributed by atoms with Crippen LogP contribution in [0.5, 0.6) is 0 Å². The zero-order valence-electron chi connectivity index (χ0n) is 11.1. The average molecular weight is 331 g/mol. The molecule has 6 heteroatoms. The van der Waals surface area contributed by atoms with Gasteiger partial charge in [-0.25, -0.2) is 0 Å². The number of hydrogen-bond donors (Lipinski definition) is 1. The highest BCUT2D eigenvalue weighted by molar-refractivity contribution is 8.04. The van der Waals surface area contributed by atoms with Gasteiger partial charge in [0.25, 0.3) is 5.91 Å². The normalized spacial score (nSPS) is 15.3. The third kappa shape index (κ3) is 3.00. The summed E-state index contributed by atoms with van der Waals surface area (Å²) in [6, 6.07) is 11.7. The van der Waals surface area contributed by atoms with Crippen molar-refractivity contribution >= 4 is 47.0 Å². The van der Waals surface area contributed by atoms with Gasteiger partial charge in [-0.2, -0.15) is 0 Å². The van der Waals surface area contributed by atoms with Crippen molar-refractivity contribution in [2.24, 2.45) is 0 Å². The summed E-state index contributed by atoms with van der Waals surface area (Å²) in [4.78, 5) is 24.3. The van der Waals surface area contributed by atoms with Crippen molar-refractivity contribution in [1.82, 2.24) is 0 Å². The van der Waals surface area contributed by atoms with E-state index < -0.39 is 5.97 Å². The minimum atomic E-state index is -1.28. The van der Waals surface area contributed by atoms with Crippen molar-refractivity contribution in [2.75, 3.05) is 5.32 Å². The van der Waals surface area contributed by atoms with Gasteiger partial charge in [-0.05, 0) is 41.5 Å². The Morgan fingerprint density at radius 3 is 2.77 bits per heavy atom. The zero-order chi connectivity index (χ0) is 15.7. The minimum absolute atomic E-state index is 0.0296. The molecule has 1 aliphatic heterocycles. The fourth-order valence-electron chi connectivity index (χ4n) is 2.04. The van der Waals surface area contributed by atoms with Crippen LogP contribution in [0, 0.1) is 0 Å². The molecule has 0 fully saturated rings. The average Bonchev–Trinajstić information content (AvgIpc) is 2.47. The lowest BCUT2D eigenvalue weighted by atomic mass is 10.2. The van der Waals surface area contributed by atoms with Crippen LogP contribution in [0.4, 0.5) is 5.69 Å². The fourth-order valence-corrected chi connectivity index (χ4v) is 3.17. The van der Waals surface area contributed by atoms with Crippen LogP contribution in [0.3, 0.4) is 0 Å². The molecule has 22 heavy (non-hydrogen) atoms. The number of hydrogen-bond acceptors (Lipinski definition) is 4. The van der Waals surface area contributed by atoms with Crippen LogP contribution in [-0.2, 0) is 4.79 Å². The number of carboxylic acid groups (broad SMARTS) is 1. The number of fused-ring (bicyclic) bond motifs is 1. The van der Waals surface area contributed by atoms with E-state index in [0.717, 1.165) is 10.5 Å². The molecule has 3 rings (SSSR count). The molecular formula is C16H9ClNO3S-. The number of carbonyl (C=O) groups is 2. The van der Waals surface area contributed by atoms with E-state index in [-0.39, 0.29) is 11.5 Å². The summed E-state index contributed by atoms with van der Waals surface area (Å²) in [6.07, 6.45) is 1.74. The number of rotatable bonds is 2. The molecule has 1 N–H and O–H groups in total. The molecule has 110 valence electrons. The van der Waals surface area contributed by atoms with Crippen LogP contribution >= 0.6 is 23.4 Å². The Morgan fingerprint density at radius 2 is 2.05 bits per heavy atom. The van der Waals surface area contributed by atoms with Crippen molar-refractivity contribution in [1.29, 1.82) is 0 Å². The van der Waals surface area contributed by atoms with Gasteiger partial charge in [-0.15, -0.1) is 0 Å². The summed E-state index contributed by atoms with van der Waals surface area (Å²) in [5.41, 5.74) is 1.32. The Balaban J connectivity index is 1.95. The van der Waals surface area contributed by atoms with Gasteiger partial charge in [0.2, 0.25) is 0 Å². The number of thioether (sulfide) groups is 1. The van der Waals surface area contributed by atoms with E-state index in [1.54, 1.807) is 30.3 Å². The molecule has 1 aliphatic rings. The van der Waals surface area contributed by atoms with Gasteiger partial charge < -0.3 is 15.2 Å². The van der Waals surface area contributed by atoms with Crippen LogP contribution in [0.2, 0.25) is 5.02 Å². The number of carbonyl (C=O) groups excluding carboxylic acids is 2. The first kappa shape index (κ1) is 14.7. The van der Waals surface area contributed by atoms with Crippen molar-refractivity contribution < 1.29 is 14.7 Å². The SMILES string of the molecule is O=C1Nc2cc(C(=O)[O-])ccc2SC1=Cc1cccc(Cl)c1. The van der Waals surface area contributed by atoms with E-state index in [4.69, 9.17) is 11.6 Å². The first-order chi connectivity index (χ1) is 10.5. The van der Waals surface area contributed by atoms with Gasteiger partial charge in [0.05, 0.1) is 16.6 Å². The van der Waals surface area contributed by atoms with E-state index in [9.17, 15) is 14.7 Å². The Hall–Kier alpha value is -2.24. The minimum Gasteiger partial charge on any atom is -0.545 e. The lowest BCUT2D eigenvalue weighted by Gasteiger charge is -2.19. The topological polar surface area (TPSA) is 69.2 Å². The highest BCUT2D eigenvalue weighted by Gasteiger charge is 2.21. The van der Waals surface area contributed by atoms with Gasteiger partial charge >= 0.3 is 0 Å². The second kappa shape index (κ2) is 5.87. The molecule has 0 bridgehead atoms. The maximum absolute atomic E-state index is 12.1. The van der Waals surface area contributed by atoms with Crippen LogP contribution in [0.1, 0.15) is 15.9 Å². The molecule has 0 saturated carbocycles. The molecule has 1 heterocycles. The maximum Gasteiger partial charge on any atom is 0.262 e. The Bertz CT molecular complexity index is 817. The number of aromatic carboxylic acids is 1. The molecule has 0 atom stereocenters. The predicted octanol–water partition coefficient (Wildman–Crippen LogP) is 2.79. The predicted molar refractivity (Wildman–Crippen MR) is 84.7 cm³/mol. The molecule has 0 aromatic heterocycles. The monoisotopic (exact) mass is 330 g/mol. The van der Waals surface area contributed by atoms with Crippen molar-refractivity contribution in [3.8, 4) is 0 Å². The van der Waals surface area contributed by atoms with Crippen LogP contribution in [0.15, 0.2) is 52.3 Å². The smallest absolute Gasteiger partial charge is 0.262 e. The quantitative estimate of drug-likeness (QED) is 0.860. The summed E-state index contributed by atoms with van der Waals surface area (Å²) >= 11 is 7.21. The van der Waals surface area contributed by atoms with Crippen LogP contribution < -0.4 is 10.4 Å². The summed E-state index contributed by atoms with van der Waals surface area (Å²) in [7, 11) is 0. The molecule has 1 amide bonds. The Labute approximate surface area is 135 Å². The van der Waals surface area contributed by atoms with Gasteiger partial charge in [0, 0.05) is 9.92 Å². The molecule has 0 unspecified atom stereocenters. The number of halogens is 1. The number of nitrogens with one attached hydrogen (secondary N) is 1. The first-order valence-corrected chi connectivity index (χ1v) is 7.54. The number of carboxylic acids is 1. The van der Waals surface area contributed by atoms with Crippen molar-refractivity contribution in [2.45, 2.75) is 4.90 Å². The van der Waals surface area contributed by atoms with Gasteiger partial charge in [0.15, 0.2) is 0 Å². The van der Waals surface area contributed by atoms with E-state index in [2.05, 4.69) is 5.32 Å². The van der Waals surface area contributed by atoms with Crippen molar-refractivity contribution in [3.63, 3.8) is 0 Å². The second-order valence-electron chi connectivity index (χ2n) is 4.62. The van der Waals surface area contributed by atoms with Crippen LogP contribution in [0.25, 0.3) is 6.08 Å². The van der Waals surface area contributed by atoms with Crippen LogP contribution in [-0.4, -0.2) is 11.9 Å². The summed E-state index contributed by atoms with van der Waals surface area (Å²) in [5.74, 6) is -1.56. The largest absolute Gasteiger partial charge is 0.545 e. The Kier molecular flexibility index (Phi) is 3.92. The Morgan fingerprint density at radius 1 is 1.23 bits per heavy atom. The lowest BCUT2D eigenvalue weighted by molar-refractivity contribution is -0.255. The van der Waals surface area contributed by atoms with E-state index in [1.807, 2.05) is 6.07 Å². The standard InChI is InChI=1S/C16H10ClNO3S/c17-11-3-1-2-9(6-11)7-14-15(19)18-12-8-10(16(20)21)4-5-13(12)22-14/h1-8H,(H,18,19)(H,20,21)/p-1. The van der Waals surface area contributed by atoms with E-state index >= 15 is 0 Å². The first-order valence-electron chi connectivity index (χ1n) is 6.35. The number of amides is 1. The summed E-state index contributed by atoms with van der Waals surface area (Å²) in [6.45, 7) is 0. The second-order valence-corrected chi connectivity index (χ2v) is 6.14. The third-order valence-electron chi connectivity index (χ3n) is 3.05. The highest BCUT2D eigenvalue weighted by atomic mass is 35.5. The van der Waals surface area contributed by atoms with E-state index in [1.165, 1.54) is 23.9 Å². The zero-order valence-corrected chi connectivity index (χ0v) is 12.7. The number of benzene rings is 2. The molecule has 4 nitrogen and oxygen atoms in total. The summed E-state index contributed by atoms with van der Waals surface area (Å²) < 4.78 is 0. The number of anilines is 1. The highest BCUT2D eigenvalue weighted by Crippen LogP contribution is 2.39. The molecular weight excluding hydrogens is 322 g/mol. The fraction of sp³-hybridized carbons (Fsp3) is 0. The van der Waals surface area contributed by atoms with E-state index in [0.29, 0.717) is 15.6 Å². The molecule has 0 saturated heterocycles. The maximum atomic E-state index is 12.1.